The first-order valence-electron chi connectivity index (χ1n) is 4.77. The van der Waals surface area contributed by atoms with Crippen LogP contribution in [0.15, 0.2) is 24.3 Å². The van der Waals surface area contributed by atoms with Crippen molar-refractivity contribution in [2.45, 2.75) is 24.8 Å². The van der Waals surface area contributed by atoms with Gasteiger partial charge in [0.05, 0.1) is 5.92 Å². The fraction of sp³-hybridized carbons (Fsp3) is 0.364. The van der Waals surface area contributed by atoms with Crippen molar-refractivity contribution < 1.29 is 9.90 Å². The standard InChI is InChI=1S/C11H13NO2/c12-10-6-5-9(11(13)14)7-3-1-2-4-8(7)10/h1-4,9-10H,5-6,12H2,(H,13,14). The minimum Gasteiger partial charge on any atom is -0.481 e. The first-order chi connectivity index (χ1) is 6.70. The SMILES string of the molecule is NC1CCC(C(=O)O)c2ccccc21. The highest BCUT2D eigenvalue weighted by Crippen LogP contribution is 2.35. The molecule has 0 bridgehead atoms. The third-order valence-corrected chi connectivity index (χ3v) is 2.84. The highest BCUT2D eigenvalue weighted by molar-refractivity contribution is 5.77. The van der Waals surface area contributed by atoms with E-state index in [2.05, 4.69) is 0 Å². The topological polar surface area (TPSA) is 63.3 Å². The number of carboxylic acid groups (broad SMARTS) is 1. The van der Waals surface area contributed by atoms with E-state index in [1.807, 2.05) is 24.3 Å². The molecule has 1 aliphatic carbocycles. The first kappa shape index (κ1) is 9.21. The molecule has 1 aromatic rings. The van der Waals surface area contributed by atoms with Crippen LogP contribution >= 0.6 is 0 Å². The lowest BCUT2D eigenvalue weighted by atomic mass is 9.80. The monoisotopic (exact) mass is 191 g/mol. The Kier molecular flexibility index (Phi) is 2.25. The van der Waals surface area contributed by atoms with Gasteiger partial charge in [0, 0.05) is 6.04 Å². The number of hydrogen-bond donors (Lipinski definition) is 2. The number of benzene rings is 1. The largest absolute Gasteiger partial charge is 0.481 e. The Morgan fingerprint density at radius 1 is 1.29 bits per heavy atom. The van der Waals surface area contributed by atoms with Crippen LogP contribution < -0.4 is 5.73 Å². The van der Waals surface area contributed by atoms with Gasteiger partial charge in [-0.1, -0.05) is 24.3 Å². The smallest absolute Gasteiger partial charge is 0.310 e. The lowest BCUT2D eigenvalue weighted by Gasteiger charge is -2.26. The fourth-order valence-corrected chi connectivity index (χ4v) is 2.08. The zero-order valence-corrected chi connectivity index (χ0v) is 7.81. The van der Waals surface area contributed by atoms with Crippen LogP contribution in [0.5, 0.6) is 0 Å². The predicted molar refractivity (Wildman–Crippen MR) is 53.0 cm³/mol. The molecule has 0 saturated heterocycles. The van der Waals surface area contributed by atoms with Crippen LogP contribution in [0, 0.1) is 0 Å². The number of carboxylic acids is 1. The van der Waals surface area contributed by atoms with Crippen LogP contribution in [-0.4, -0.2) is 11.1 Å². The number of rotatable bonds is 1. The Labute approximate surface area is 82.5 Å². The molecule has 1 aliphatic rings. The molecular formula is C11H13NO2. The molecule has 0 spiro atoms. The molecule has 2 unspecified atom stereocenters. The maximum atomic E-state index is 11.0. The van der Waals surface area contributed by atoms with E-state index in [-0.39, 0.29) is 12.0 Å². The second-order valence-electron chi connectivity index (χ2n) is 3.70. The average molecular weight is 191 g/mol. The summed E-state index contributed by atoms with van der Waals surface area (Å²) in [7, 11) is 0. The third kappa shape index (κ3) is 1.40. The molecule has 3 heteroatoms. The van der Waals surface area contributed by atoms with Gasteiger partial charge in [0.15, 0.2) is 0 Å². The Bertz CT molecular complexity index is 362. The minimum absolute atomic E-state index is 0.00167. The number of nitrogens with two attached hydrogens (primary N) is 1. The van der Waals surface area contributed by atoms with Gasteiger partial charge in [0.25, 0.3) is 0 Å². The zero-order chi connectivity index (χ0) is 10.1. The van der Waals surface area contributed by atoms with Crippen LogP contribution in [0.1, 0.15) is 35.9 Å². The van der Waals surface area contributed by atoms with Crippen LogP contribution in [0.2, 0.25) is 0 Å². The lowest BCUT2D eigenvalue weighted by molar-refractivity contribution is -0.139. The first-order valence-corrected chi connectivity index (χ1v) is 4.77. The van der Waals surface area contributed by atoms with Crippen molar-refractivity contribution in [1.29, 1.82) is 0 Å². The molecule has 0 fully saturated rings. The number of carbonyl (C=O) groups is 1. The third-order valence-electron chi connectivity index (χ3n) is 2.84. The fourth-order valence-electron chi connectivity index (χ4n) is 2.08. The van der Waals surface area contributed by atoms with Crippen molar-refractivity contribution in [3.05, 3.63) is 35.4 Å². The second-order valence-corrected chi connectivity index (χ2v) is 3.70. The second kappa shape index (κ2) is 3.42. The molecule has 3 nitrogen and oxygen atoms in total. The van der Waals surface area contributed by atoms with Gasteiger partial charge in [-0.05, 0) is 24.0 Å². The summed E-state index contributed by atoms with van der Waals surface area (Å²) >= 11 is 0. The van der Waals surface area contributed by atoms with Gasteiger partial charge in [-0.3, -0.25) is 4.79 Å². The molecule has 1 aromatic carbocycles. The van der Waals surface area contributed by atoms with Gasteiger partial charge in [-0.25, -0.2) is 0 Å². The van der Waals surface area contributed by atoms with Gasteiger partial charge in [-0.2, -0.15) is 0 Å². The Hall–Kier alpha value is -1.35. The molecule has 0 heterocycles. The molecule has 0 saturated carbocycles. The van der Waals surface area contributed by atoms with Crippen molar-refractivity contribution >= 4 is 5.97 Å². The Morgan fingerprint density at radius 2 is 1.93 bits per heavy atom. The summed E-state index contributed by atoms with van der Waals surface area (Å²) in [4.78, 5) is 11.0. The Balaban J connectivity index is 2.46. The molecule has 3 N–H and O–H groups in total. The summed E-state index contributed by atoms with van der Waals surface area (Å²) < 4.78 is 0. The lowest BCUT2D eigenvalue weighted by Crippen LogP contribution is -2.24. The van der Waals surface area contributed by atoms with E-state index in [4.69, 9.17) is 10.8 Å². The van der Waals surface area contributed by atoms with Gasteiger partial charge >= 0.3 is 5.97 Å². The normalized spacial score (nSPS) is 25.5. The Morgan fingerprint density at radius 3 is 2.57 bits per heavy atom. The summed E-state index contributed by atoms with van der Waals surface area (Å²) in [6.45, 7) is 0. The molecule has 0 radical (unpaired) electrons. The highest BCUT2D eigenvalue weighted by atomic mass is 16.4. The molecule has 2 rings (SSSR count). The average Bonchev–Trinajstić information content (AvgIpc) is 2.18. The van der Waals surface area contributed by atoms with E-state index in [9.17, 15) is 4.79 Å². The molecule has 0 amide bonds. The number of aliphatic carboxylic acids is 1. The summed E-state index contributed by atoms with van der Waals surface area (Å²) in [5.41, 5.74) is 7.80. The van der Waals surface area contributed by atoms with Crippen molar-refractivity contribution in [2.24, 2.45) is 5.73 Å². The quantitative estimate of drug-likeness (QED) is 0.709. The van der Waals surface area contributed by atoms with Gasteiger partial charge < -0.3 is 10.8 Å². The van der Waals surface area contributed by atoms with Crippen LogP contribution in [0.3, 0.4) is 0 Å². The van der Waals surface area contributed by atoms with Crippen molar-refractivity contribution in [1.82, 2.24) is 0 Å². The maximum Gasteiger partial charge on any atom is 0.310 e. The molecule has 0 aromatic heterocycles. The molecule has 2 atom stereocenters. The summed E-state index contributed by atoms with van der Waals surface area (Å²) in [5.74, 6) is -1.12. The van der Waals surface area contributed by atoms with E-state index in [1.165, 1.54) is 0 Å². The van der Waals surface area contributed by atoms with E-state index in [0.717, 1.165) is 17.5 Å². The van der Waals surface area contributed by atoms with E-state index < -0.39 is 5.97 Å². The van der Waals surface area contributed by atoms with E-state index >= 15 is 0 Å². The number of fused-ring (bicyclic) bond motifs is 1. The van der Waals surface area contributed by atoms with Crippen LogP contribution in [0.4, 0.5) is 0 Å². The van der Waals surface area contributed by atoms with Crippen molar-refractivity contribution in [3.63, 3.8) is 0 Å². The van der Waals surface area contributed by atoms with Gasteiger partial charge in [0.1, 0.15) is 0 Å². The highest BCUT2D eigenvalue weighted by Gasteiger charge is 2.29. The summed E-state index contributed by atoms with van der Waals surface area (Å²) in [6.07, 6.45) is 1.40. The molecule has 0 aliphatic heterocycles. The van der Waals surface area contributed by atoms with E-state index in [1.54, 1.807) is 0 Å². The van der Waals surface area contributed by atoms with Crippen molar-refractivity contribution in [3.8, 4) is 0 Å². The maximum absolute atomic E-state index is 11.0. The molecule has 74 valence electrons. The van der Waals surface area contributed by atoms with Crippen molar-refractivity contribution in [2.75, 3.05) is 0 Å². The summed E-state index contributed by atoms with van der Waals surface area (Å²) in [5, 5.41) is 9.03. The van der Waals surface area contributed by atoms with E-state index in [0.29, 0.717) is 6.42 Å². The zero-order valence-electron chi connectivity index (χ0n) is 7.81. The number of hydrogen-bond acceptors (Lipinski definition) is 2. The van der Waals surface area contributed by atoms with Gasteiger partial charge in [-0.15, -0.1) is 0 Å². The minimum atomic E-state index is -0.746. The molecular weight excluding hydrogens is 178 g/mol. The predicted octanol–water partition coefficient (Wildman–Crippen LogP) is 1.65. The van der Waals surface area contributed by atoms with Crippen LogP contribution in [-0.2, 0) is 4.79 Å². The molecule has 14 heavy (non-hydrogen) atoms. The summed E-state index contributed by atoms with van der Waals surface area (Å²) in [6, 6.07) is 7.57. The van der Waals surface area contributed by atoms with Crippen LogP contribution in [0.25, 0.3) is 0 Å². The van der Waals surface area contributed by atoms with Gasteiger partial charge in [0.2, 0.25) is 0 Å².